The molecule has 12 heteroatoms. The summed E-state index contributed by atoms with van der Waals surface area (Å²) in [6.45, 7) is 1.99. The minimum Gasteiger partial charge on any atom is -0.495 e. The van der Waals surface area contributed by atoms with Crippen molar-refractivity contribution in [2.75, 3.05) is 12.4 Å². The maximum atomic E-state index is 12.7. The Morgan fingerprint density at radius 2 is 2.05 bits per heavy atom. The number of para-hydroxylation sites is 1. The van der Waals surface area contributed by atoms with Crippen molar-refractivity contribution in [3.05, 3.63) is 82.4 Å². The molecule has 1 amide bonds. The Bertz CT molecular complexity index is 1650. The number of aromatic nitrogens is 4. The van der Waals surface area contributed by atoms with Crippen molar-refractivity contribution in [1.29, 1.82) is 0 Å². The fraction of sp³-hybridized carbons (Fsp3) is 0.120. The lowest BCUT2D eigenvalue weighted by Gasteiger charge is -2.10. The number of amides is 1. The van der Waals surface area contributed by atoms with E-state index in [-0.39, 0.29) is 5.69 Å². The van der Waals surface area contributed by atoms with E-state index in [4.69, 9.17) is 9.15 Å². The lowest BCUT2D eigenvalue weighted by Crippen LogP contribution is -2.09. The van der Waals surface area contributed by atoms with E-state index in [0.29, 0.717) is 39.9 Å². The molecule has 0 aliphatic carbocycles. The molecule has 0 radical (unpaired) electrons. The average Bonchev–Trinajstić information content (AvgIpc) is 3.63. The van der Waals surface area contributed by atoms with Gasteiger partial charge in [-0.05, 0) is 42.5 Å². The van der Waals surface area contributed by atoms with E-state index in [1.807, 2.05) is 13.0 Å². The quantitative estimate of drug-likeness (QED) is 0.168. The number of ether oxygens (including phenoxy) is 1. The molecule has 3 aromatic heterocycles. The smallest absolute Gasteiger partial charge is 0.280 e. The first-order valence-corrected chi connectivity index (χ1v) is 12.0. The number of rotatable bonds is 8. The van der Waals surface area contributed by atoms with Crippen LogP contribution in [-0.2, 0) is 11.2 Å². The number of nitro benzene ring substituents is 1. The highest BCUT2D eigenvalue weighted by atomic mass is 32.1. The highest BCUT2D eigenvalue weighted by molar-refractivity contribution is 7.19. The molecule has 2 aromatic carbocycles. The molecule has 0 unspecified atom stereocenters. The highest BCUT2D eigenvalue weighted by Crippen LogP contribution is 2.33. The third-order valence-electron chi connectivity index (χ3n) is 5.47. The minimum absolute atomic E-state index is 0.0622. The van der Waals surface area contributed by atoms with Crippen LogP contribution in [0.2, 0.25) is 0 Å². The molecule has 0 fully saturated rings. The van der Waals surface area contributed by atoms with Gasteiger partial charge in [-0.25, -0.2) is 0 Å². The summed E-state index contributed by atoms with van der Waals surface area (Å²) in [5.41, 5.74) is 1.55. The van der Waals surface area contributed by atoms with E-state index in [1.54, 1.807) is 47.0 Å². The molecule has 186 valence electrons. The summed E-state index contributed by atoms with van der Waals surface area (Å²) in [7, 11) is 1.52. The number of nitrogens with zero attached hydrogens (tertiary/aromatic N) is 5. The number of benzene rings is 2. The van der Waals surface area contributed by atoms with Crippen molar-refractivity contribution < 1.29 is 18.9 Å². The number of carbonyl (C=O) groups excluding carboxylic acids is 1. The van der Waals surface area contributed by atoms with Gasteiger partial charge in [-0.1, -0.05) is 30.4 Å². The van der Waals surface area contributed by atoms with Crippen molar-refractivity contribution in [3.63, 3.8) is 0 Å². The maximum absolute atomic E-state index is 12.7. The van der Waals surface area contributed by atoms with E-state index in [9.17, 15) is 14.9 Å². The maximum Gasteiger partial charge on any atom is 0.280 e. The number of nitro groups is 1. The summed E-state index contributed by atoms with van der Waals surface area (Å²) in [5.74, 6) is 1.55. The molecule has 11 nitrogen and oxygen atoms in total. The summed E-state index contributed by atoms with van der Waals surface area (Å²) in [6, 6.07) is 14.9. The summed E-state index contributed by atoms with van der Waals surface area (Å²) >= 11 is 1.39. The van der Waals surface area contributed by atoms with E-state index in [0.717, 1.165) is 16.4 Å². The summed E-state index contributed by atoms with van der Waals surface area (Å²) in [6.07, 6.45) is 3.50. The number of carbonyl (C=O) groups is 1. The minimum atomic E-state index is -0.467. The molecular weight excluding hydrogens is 496 g/mol. The monoisotopic (exact) mass is 516 g/mol. The molecule has 1 N–H and O–H groups in total. The molecule has 0 saturated carbocycles. The summed E-state index contributed by atoms with van der Waals surface area (Å²) in [5, 5.41) is 27.7. The van der Waals surface area contributed by atoms with Crippen LogP contribution in [0.3, 0.4) is 0 Å². The molecule has 5 rings (SSSR count). The first kappa shape index (κ1) is 23.9. The Labute approximate surface area is 214 Å². The van der Waals surface area contributed by atoms with Crippen molar-refractivity contribution >= 4 is 39.7 Å². The largest absolute Gasteiger partial charge is 0.495 e. The van der Waals surface area contributed by atoms with Gasteiger partial charge in [-0.2, -0.15) is 9.61 Å². The van der Waals surface area contributed by atoms with E-state index >= 15 is 0 Å². The Hall–Kier alpha value is -4.84. The van der Waals surface area contributed by atoms with Gasteiger partial charge in [0.25, 0.3) is 5.69 Å². The van der Waals surface area contributed by atoms with Gasteiger partial charge in [0, 0.05) is 24.1 Å². The molecule has 0 saturated heterocycles. The number of furan rings is 1. The van der Waals surface area contributed by atoms with E-state index in [2.05, 4.69) is 20.6 Å². The first-order valence-electron chi connectivity index (χ1n) is 11.2. The van der Waals surface area contributed by atoms with Crippen LogP contribution < -0.4 is 10.1 Å². The lowest BCUT2D eigenvalue weighted by molar-refractivity contribution is -0.384. The fourth-order valence-electron chi connectivity index (χ4n) is 3.69. The number of aryl methyl sites for hydroxylation is 1. The third kappa shape index (κ3) is 4.82. The zero-order valence-electron chi connectivity index (χ0n) is 19.7. The highest BCUT2D eigenvalue weighted by Gasteiger charge is 2.17. The van der Waals surface area contributed by atoms with Crippen molar-refractivity contribution in [3.8, 4) is 27.6 Å². The number of anilines is 1. The van der Waals surface area contributed by atoms with Gasteiger partial charge in [-0.15, -0.1) is 10.2 Å². The second kappa shape index (κ2) is 10.0. The van der Waals surface area contributed by atoms with Crippen LogP contribution in [0.5, 0.6) is 5.75 Å². The number of hydrogen-bond donors (Lipinski definition) is 1. The van der Waals surface area contributed by atoms with Crippen molar-refractivity contribution in [2.24, 2.45) is 0 Å². The average molecular weight is 517 g/mol. The van der Waals surface area contributed by atoms with Gasteiger partial charge in [0.2, 0.25) is 10.9 Å². The molecule has 0 spiro atoms. The Morgan fingerprint density at radius 3 is 2.84 bits per heavy atom. The van der Waals surface area contributed by atoms with Gasteiger partial charge in [-0.3, -0.25) is 14.9 Å². The number of methoxy groups -OCH3 is 1. The predicted octanol–water partition coefficient (Wildman–Crippen LogP) is 5.24. The van der Waals surface area contributed by atoms with Crippen molar-refractivity contribution in [1.82, 2.24) is 19.8 Å². The second-order valence-corrected chi connectivity index (χ2v) is 8.74. The topological polar surface area (TPSA) is 138 Å². The van der Waals surface area contributed by atoms with Gasteiger partial charge in [0.05, 0.1) is 23.3 Å². The molecule has 0 bridgehead atoms. The molecule has 37 heavy (non-hydrogen) atoms. The van der Waals surface area contributed by atoms with Crippen LogP contribution >= 0.6 is 11.3 Å². The van der Waals surface area contributed by atoms with Crippen LogP contribution in [0.15, 0.2) is 65.1 Å². The first-order chi connectivity index (χ1) is 18.0. The van der Waals surface area contributed by atoms with Crippen molar-refractivity contribution in [2.45, 2.75) is 13.3 Å². The fourth-order valence-corrected chi connectivity index (χ4v) is 4.55. The lowest BCUT2D eigenvalue weighted by atomic mass is 10.1. The Morgan fingerprint density at radius 1 is 1.22 bits per heavy atom. The number of hydrogen-bond acceptors (Lipinski definition) is 9. The normalized spacial score (nSPS) is 11.3. The Kier molecular flexibility index (Phi) is 6.47. The van der Waals surface area contributed by atoms with Gasteiger partial charge in [0.1, 0.15) is 22.3 Å². The van der Waals surface area contributed by atoms with Crippen LogP contribution in [0.1, 0.15) is 18.5 Å². The van der Waals surface area contributed by atoms with Gasteiger partial charge in [0.15, 0.2) is 5.82 Å². The molecule has 3 heterocycles. The van der Waals surface area contributed by atoms with Gasteiger partial charge >= 0.3 is 0 Å². The second-order valence-electron chi connectivity index (χ2n) is 7.79. The Balaban J connectivity index is 1.34. The van der Waals surface area contributed by atoms with E-state index in [1.165, 1.54) is 36.7 Å². The van der Waals surface area contributed by atoms with E-state index < -0.39 is 10.8 Å². The SMILES string of the molecule is CCc1nnc2sc(-c3ccc(OC)c(NC(=O)/C=C/c4ccc(-c5ccccc5[N+](=O)[O-])o4)c3)nn12. The number of fused-ring (bicyclic) bond motifs is 1. The zero-order valence-corrected chi connectivity index (χ0v) is 20.6. The predicted molar refractivity (Wildman–Crippen MR) is 138 cm³/mol. The number of nitrogens with one attached hydrogen (secondary N) is 1. The van der Waals surface area contributed by atoms with Crippen LogP contribution in [-0.4, -0.2) is 37.8 Å². The third-order valence-corrected chi connectivity index (χ3v) is 6.42. The molecule has 0 atom stereocenters. The molecule has 0 aliphatic heterocycles. The van der Waals surface area contributed by atoms with Gasteiger partial charge < -0.3 is 14.5 Å². The van der Waals surface area contributed by atoms with Crippen LogP contribution in [0.25, 0.3) is 32.9 Å². The molecule has 0 aliphatic rings. The summed E-state index contributed by atoms with van der Waals surface area (Å²) in [4.78, 5) is 24.2. The molecule has 5 aromatic rings. The zero-order chi connectivity index (χ0) is 25.9. The summed E-state index contributed by atoms with van der Waals surface area (Å²) < 4.78 is 12.8. The van der Waals surface area contributed by atoms with Crippen LogP contribution in [0, 0.1) is 10.1 Å². The standard InChI is InChI=1S/C25H20N6O5S/c1-3-22-27-28-25-30(22)29-24(37-25)15-8-11-21(35-2)18(14-15)26-23(32)13-10-16-9-12-20(36-16)17-6-4-5-7-19(17)31(33)34/h4-14H,3H2,1-2H3,(H,26,32)/b13-10+. The van der Waals surface area contributed by atoms with Crippen LogP contribution in [0.4, 0.5) is 11.4 Å². The molecular formula is C25H20N6O5S.